The lowest BCUT2D eigenvalue weighted by atomic mass is 9.89. The quantitative estimate of drug-likeness (QED) is 0.753. The number of hydrogen-bond acceptors (Lipinski definition) is 3. The maximum Gasteiger partial charge on any atom is 0.106 e. The molecule has 3 N–H and O–H groups in total. The van der Waals surface area contributed by atoms with Crippen LogP contribution >= 0.6 is 12.2 Å². The lowest BCUT2D eigenvalue weighted by Gasteiger charge is -2.26. The van der Waals surface area contributed by atoms with Gasteiger partial charge in [0, 0.05) is 31.5 Å². The van der Waals surface area contributed by atoms with E-state index < -0.39 is 0 Å². The molecule has 1 aromatic rings. The number of thiocarbonyl (C=S) groups is 1. The highest BCUT2D eigenvalue weighted by molar-refractivity contribution is 7.80. The van der Waals surface area contributed by atoms with E-state index in [0.29, 0.717) is 4.99 Å². The van der Waals surface area contributed by atoms with Crippen molar-refractivity contribution in [1.82, 2.24) is 0 Å². The Kier molecular flexibility index (Phi) is 5.76. The zero-order valence-electron chi connectivity index (χ0n) is 12.2. The van der Waals surface area contributed by atoms with Crippen LogP contribution in [0.5, 0.6) is 0 Å². The fraction of sp³-hybridized carbons (Fsp3) is 0.533. The van der Waals surface area contributed by atoms with E-state index in [1.54, 1.807) is 7.11 Å². The molecule has 0 bridgehead atoms. The van der Waals surface area contributed by atoms with E-state index in [1.165, 1.54) is 0 Å². The summed E-state index contributed by atoms with van der Waals surface area (Å²) in [6.45, 7) is 8.09. The Morgan fingerprint density at radius 3 is 2.68 bits per heavy atom. The van der Waals surface area contributed by atoms with Gasteiger partial charge in [-0.25, -0.2) is 0 Å². The summed E-state index contributed by atoms with van der Waals surface area (Å²) in [6.07, 6.45) is 1.00. The number of benzene rings is 1. The highest BCUT2D eigenvalue weighted by atomic mass is 32.1. The second-order valence-electron chi connectivity index (χ2n) is 5.67. The fourth-order valence-electron chi connectivity index (χ4n) is 1.82. The van der Waals surface area contributed by atoms with Crippen LogP contribution in [0.25, 0.3) is 0 Å². The monoisotopic (exact) mass is 280 g/mol. The van der Waals surface area contributed by atoms with Crippen molar-refractivity contribution in [2.24, 2.45) is 11.1 Å². The zero-order chi connectivity index (χ0) is 14.5. The summed E-state index contributed by atoms with van der Waals surface area (Å²) < 4.78 is 5.14. The van der Waals surface area contributed by atoms with Gasteiger partial charge in [-0.1, -0.05) is 37.7 Å². The maximum absolute atomic E-state index is 5.77. The molecule has 0 aromatic heterocycles. The van der Waals surface area contributed by atoms with Gasteiger partial charge in [-0.2, -0.15) is 0 Å². The number of aryl methyl sites for hydroxylation is 1. The Hall–Kier alpha value is -1.13. The van der Waals surface area contributed by atoms with E-state index in [-0.39, 0.29) is 5.41 Å². The summed E-state index contributed by atoms with van der Waals surface area (Å²) in [7, 11) is 1.73. The molecule has 0 unspecified atom stereocenters. The molecule has 0 fully saturated rings. The Morgan fingerprint density at radius 2 is 2.11 bits per heavy atom. The van der Waals surface area contributed by atoms with Gasteiger partial charge >= 0.3 is 0 Å². The third-order valence-corrected chi connectivity index (χ3v) is 3.40. The second-order valence-corrected chi connectivity index (χ2v) is 6.11. The molecule has 0 radical (unpaired) electrons. The zero-order valence-corrected chi connectivity index (χ0v) is 13.1. The summed E-state index contributed by atoms with van der Waals surface area (Å²) in [6, 6.07) is 6.12. The van der Waals surface area contributed by atoms with Crippen LogP contribution in [0.4, 0.5) is 5.69 Å². The molecule has 0 aliphatic heterocycles. The number of nitrogens with two attached hydrogens (primary N) is 1. The van der Waals surface area contributed by atoms with Gasteiger partial charge in [-0.05, 0) is 30.9 Å². The Labute approximate surface area is 121 Å². The second kappa shape index (κ2) is 6.87. The molecule has 0 heterocycles. The molecule has 1 aromatic carbocycles. The molecule has 0 saturated carbocycles. The summed E-state index contributed by atoms with van der Waals surface area (Å²) >= 11 is 5.10. The summed E-state index contributed by atoms with van der Waals surface area (Å²) in [5, 5.41) is 3.45. The topological polar surface area (TPSA) is 47.3 Å². The van der Waals surface area contributed by atoms with Crippen molar-refractivity contribution >= 4 is 22.9 Å². The standard InChI is InChI=1S/C15H24N2OS/c1-11-5-6-13(12(9-11)14(16)19)17-10-15(2,3)7-8-18-4/h5-6,9,17H,7-8,10H2,1-4H3,(H2,16,19). The van der Waals surface area contributed by atoms with Gasteiger partial charge < -0.3 is 15.8 Å². The van der Waals surface area contributed by atoms with E-state index in [2.05, 4.69) is 25.2 Å². The molecule has 0 aliphatic rings. The lowest BCUT2D eigenvalue weighted by Crippen LogP contribution is -2.25. The average Bonchev–Trinajstić information content (AvgIpc) is 2.35. The van der Waals surface area contributed by atoms with Gasteiger partial charge in [0.2, 0.25) is 0 Å². The van der Waals surface area contributed by atoms with Gasteiger partial charge in [-0.15, -0.1) is 0 Å². The summed E-state index contributed by atoms with van der Waals surface area (Å²) in [5.74, 6) is 0. The van der Waals surface area contributed by atoms with Gasteiger partial charge in [-0.3, -0.25) is 0 Å². The maximum atomic E-state index is 5.77. The number of anilines is 1. The van der Waals surface area contributed by atoms with Crippen LogP contribution in [-0.2, 0) is 4.74 Å². The predicted molar refractivity (Wildman–Crippen MR) is 85.8 cm³/mol. The molecule has 4 heteroatoms. The van der Waals surface area contributed by atoms with Crippen molar-refractivity contribution < 1.29 is 4.74 Å². The largest absolute Gasteiger partial charge is 0.389 e. The SMILES string of the molecule is COCCC(C)(C)CNc1ccc(C)cc1C(N)=S. The number of methoxy groups -OCH3 is 1. The minimum absolute atomic E-state index is 0.161. The van der Waals surface area contributed by atoms with E-state index in [9.17, 15) is 0 Å². The number of hydrogen-bond donors (Lipinski definition) is 2. The highest BCUT2D eigenvalue weighted by Gasteiger charge is 2.18. The highest BCUT2D eigenvalue weighted by Crippen LogP contribution is 2.23. The first-order chi connectivity index (χ1) is 8.85. The van der Waals surface area contributed by atoms with Crippen LogP contribution in [0.3, 0.4) is 0 Å². The Bertz CT molecular complexity index is 444. The molecule has 0 aliphatic carbocycles. The number of rotatable bonds is 7. The smallest absolute Gasteiger partial charge is 0.106 e. The van der Waals surface area contributed by atoms with Crippen LogP contribution in [-0.4, -0.2) is 25.2 Å². The minimum Gasteiger partial charge on any atom is -0.389 e. The van der Waals surface area contributed by atoms with E-state index >= 15 is 0 Å². The molecule has 0 spiro atoms. The van der Waals surface area contributed by atoms with Crippen molar-refractivity contribution in [3.8, 4) is 0 Å². The third-order valence-electron chi connectivity index (χ3n) is 3.18. The summed E-state index contributed by atoms with van der Waals surface area (Å²) in [4.78, 5) is 0.431. The Balaban J connectivity index is 2.75. The van der Waals surface area contributed by atoms with Gasteiger partial charge in [0.1, 0.15) is 4.99 Å². The van der Waals surface area contributed by atoms with Crippen molar-refractivity contribution in [1.29, 1.82) is 0 Å². The van der Waals surface area contributed by atoms with Crippen molar-refractivity contribution in [2.45, 2.75) is 27.2 Å². The van der Waals surface area contributed by atoms with Crippen molar-refractivity contribution in [3.05, 3.63) is 29.3 Å². The lowest BCUT2D eigenvalue weighted by molar-refractivity contribution is 0.157. The molecule has 0 amide bonds. The van der Waals surface area contributed by atoms with Gasteiger partial charge in [0.15, 0.2) is 0 Å². The molecule has 0 atom stereocenters. The number of nitrogens with one attached hydrogen (secondary N) is 1. The molecule has 3 nitrogen and oxygen atoms in total. The first-order valence-corrected chi connectivity index (χ1v) is 6.90. The molecule has 0 saturated heterocycles. The van der Waals surface area contributed by atoms with Crippen LogP contribution in [0.2, 0.25) is 0 Å². The molecule has 106 valence electrons. The Morgan fingerprint density at radius 1 is 1.42 bits per heavy atom. The first-order valence-electron chi connectivity index (χ1n) is 6.49. The fourth-order valence-corrected chi connectivity index (χ4v) is 1.99. The van der Waals surface area contributed by atoms with Crippen molar-refractivity contribution in [2.75, 3.05) is 25.6 Å². The third kappa shape index (κ3) is 5.17. The van der Waals surface area contributed by atoms with Crippen LogP contribution in [0.1, 0.15) is 31.4 Å². The van der Waals surface area contributed by atoms with Crippen LogP contribution in [0.15, 0.2) is 18.2 Å². The van der Waals surface area contributed by atoms with Gasteiger partial charge in [0.05, 0.1) is 0 Å². The normalized spacial score (nSPS) is 11.4. The first kappa shape index (κ1) is 15.9. The molecule has 1 rings (SSSR count). The van der Waals surface area contributed by atoms with E-state index in [1.807, 2.05) is 19.1 Å². The van der Waals surface area contributed by atoms with Gasteiger partial charge in [0.25, 0.3) is 0 Å². The van der Waals surface area contributed by atoms with Crippen molar-refractivity contribution in [3.63, 3.8) is 0 Å². The molecular weight excluding hydrogens is 256 g/mol. The van der Waals surface area contributed by atoms with Crippen LogP contribution < -0.4 is 11.1 Å². The average molecular weight is 280 g/mol. The van der Waals surface area contributed by atoms with Crippen LogP contribution in [0, 0.1) is 12.3 Å². The number of ether oxygens (including phenoxy) is 1. The van der Waals surface area contributed by atoms with E-state index in [4.69, 9.17) is 22.7 Å². The van der Waals surface area contributed by atoms with E-state index in [0.717, 1.165) is 36.4 Å². The molecule has 19 heavy (non-hydrogen) atoms. The summed E-state index contributed by atoms with van der Waals surface area (Å²) in [5.41, 5.74) is 9.01. The predicted octanol–water partition coefficient (Wildman–Crippen LogP) is 3.10. The molecular formula is C15H24N2OS. The minimum atomic E-state index is 0.161.